The summed E-state index contributed by atoms with van der Waals surface area (Å²) in [7, 11) is 2.20. The van der Waals surface area contributed by atoms with E-state index >= 15 is 0 Å². The third-order valence-corrected chi connectivity index (χ3v) is 3.93. The number of likely N-dealkylation sites (N-methyl/N-ethyl adjacent to an activating group) is 1. The number of ether oxygens (including phenoxy) is 1. The first kappa shape index (κ1) is 15.6. The van der Waals surface area contributed by atoms with Gasteiger partial charge in [-0.05, 0) is 50.7 Å². The molecule has 1 heterocycles. The van der Waals surface area contributed by atoms with Crippen molar-refractivity contribution in [1.82, 2.24) is 4.90 Å². The predicted octanol–water partition coefficient (Wildman–Crippen LogP) is 1.84. The molecule has 1 fully saturated rings. The predicted molar refractivity (Wildman–Crippen MR) is 84.5 cm³/mol. The molecule has 3 N–H and O–H groups in total. The Morgan fingerprint density at radius 1 is 1.38 bits per heavy atom. The number of carbonyl (C=O) groups is 1. The number of hydrogen-bond acceptors (Lipinski definition) is 4. The van der Waals surface area contributed by atoms with E-state index in [4.69, 9.17) is 10.5 Å². The maximum Gasteiger partial charge on any atom is 0.220 e. The molecule has 5 nitrogen and oxygen atoms in total. The molecular formula is C16H25N3O2. The minimum Gasteiger partial charge on any atom is -0.493 e. The zero-order chi connectivity index (χ0) is 15.1. The van der Waals surface area contributed by atoms with Crippen molar-refractivity contribution in [2.75, 3.05) is 32.1 Å². The van der Waals surface area contributed by atoms with Crippen molar-refractivity contribution in [2.24, 2.45) is 5.73 Å². The van der Waals surface area contributed by atoms with E-state index in [1.54, 1.807) is 0 Å². The largest absolute Gasteiger partial charge is 0.493 e. The number of nitrogens with two attached hydrogens (primary N) is 1. The van der Waals surface area contributed by atoms with E-state index in [0.717, 1.165) is 18.0 Å². The molecule has 0 aliphatic carbocycles. The summed E-state index contributed by atoms with van der Waals surface area (Å²) in [6.45, 7) is 2.49. The topological polar surface area (TPSA) is 67.6 Å². The molecule has 5 heteroatoms. The fraction of sp³-hybridized carbons (Fsp3) is 0.562. The highest BCUT2D eigenvalue weighted by atomic mass is 16.5. The Bertz CT molecular complexity index is 447. The van der Waals surface area contributed by atoms with Crippen LogP contribution in [0.25, 0.3) is 0 Å². The van der Waals surface area contributed by atoms with Crippen LogP contribution in [0.4, 0.5) is 5.69 Å². The van der Waals surface area contributed by atoms with Crippen LogP contribution in [-0.4, -0.2) is 43.6 Å². The van der Waals surface area contributed by atoms with Crippen LogP contribution in [0.15, 0.2) is 24.3 Å². The average Bonchev–Trinajstić information content (AvgIpc) is 2.47. The van der Waals surface area contributed by atoms with Crippen molar-refractivity contribution in [3.05, 3.63) is 24.3 Å². The van der Waals surface area contributed by atoms with Crippen LogP contribution in [0.1, 0.15) is 25.7 Å². The second kappa shape index (κ2) is 7.88. The molecule has 1 amide bonds. The van der Waals surface area contributed by atoms with Crippen LogP contribution in [0, 0.1) is 0 Å². The Morgan fingerprint density at radius 2 is 2.14 bits per heavy atom. The molecule has 1 saturated heterocycles. The summed E-state index contributed by atoms with van der Waals surface area (Å²) >= 11 is 0. The summed E-state index contributed by atoms with van der Waals surface area (Å²) in [4.78, 5) is 13.1. The van der Waals surface area contributed by atoms with E-state index in [2.05, 4.69) is 17.3 Å². The van der Waals surface area contributed by atoms with Crippen LogP contribution in [0.3, 0.4) is 0 Å². The lowest BCUT2D eigenvalue weighted by Gasteiger charge is -2.32. The second-order valence-corrected chi connectivity index (χ2v) is 5.60. The van der Waals surface area contributed by atoms with Crippen LogP contribution in [0.2, 0.25) is 0 Å². The summed E-state index contributed by atoms with van der Waals surface area (Å²) in [5.41, 5.74) is 6.16. The van der Waals surface area contributed by atoms with Crippen molar-refractivity contribution < 1.29 is 9.53 Å². The zero-order valence-electron chi connectivity index (χ0n) is 12.7. The Labute approximate surface area is 126 Å². The summed E-state index contributed by atoms with van der Waals surface area (Å²) in [6.07, 6.45) is 4.14. The lowest BCUT2D eigenvalue weighted by Crippen LogP contribution is -2.40. The van der Waals surface area contributed by atoms with Gasteiger partial charge in [-0.3, -0.25) is 4.79 Å². The Morgan fingerprint density at radius 3 is 2.81 bits per heavy atom. The van der Waals surface area contributed by atoms with Gasteiger partial charge in [0.1, 0.15) is 5.75 Å². The summed E-state index contributed by atoms with van der Waals surface area (Å²) < 4.78 is 5.45. The molecule has 0 saturated carbocycles. The van der Waals surface area contributed by atoms with Gasteiger partial charge >= 0.3 is 0 Å². The molecule has 1 aromatic rings. The van der Waals surface area contributed by atoms with Crippen molar-refractivity contribution in [3.8, 4) is 5.75 Å². The quantitative estimate of drug-likeness (QED) is 0.804. The van der Waals surface area contributed by atoms with Gasteiger partial charge in [0.05, 0.1) is 13.0 Å². The summed E-state index contributed by atoms with van der Waals surface area (Å²) in [5.74, 6) is 0.418. The fourth-order valence-corrected chi connectivity index (χ4v) is 2.58. The number of piperidine rings is 1. The van der Waals surface area contributed by atoms with Crippen molar-refractivity contribution >= 4 is 11.6 Å². The average molecular weight is 291 g/mol. The highest BCUT2D eigenvalue weighted by Crippen LogP contribution is 2.18. The SMILES string of the molecule is CN1CCCCC1CNc1ccc(OCCC(N)=O)cc1. The van der Waals surface area contributed by atoms with Gasteiger partial charge < -0.3 is 20.7 Å². The molecule has 1 aromatic carbocycles. The number of carbonyl (C=O) groups excluding carboxylic acids is 1. The molecule has 0 aromatic heterocycles. The van der Waals surface area contributed by atoms with E-state index in [0.29, 0.717) is 12.6 Å². The number of benzene rings is 1. The molecule has 1 aliphatic rings. The Balaban J connectivity index is 1.75. The lowest BCUT2D eigenvalue weighted by atomic mass is 10.0. The van der Waals surface area contributed by atoms with Crippen molar-refractivity contribution in [3.63, 3.8) is 0 Å². The summed E-state index contributed by atoms with van der Waals surface area (Å²) in [5, 5.41) is 3.47. The molecule has 0 radical (unpaired) electrons. The van der Waals surface area contributed by atoms with Gasteiger partial charge in [-0.1, -0.05) is 6.42 Å². The Hall–Kier alpha value is -1.75. The van der Waals surface area contributed by atoms with Gasteiger partial charge in [-0.2, -0.15) is 0 Å². The molecular weight excluding hydrogens is 266 g/mol. The summed E-state index contributed by atoms with van der Waals surface area (Å²) in [6, 6.07) is 8.44. The number of nitrogens with zero attached hydrogens (tertiary/aromatic N) is 1. The van der Waals surface area contributed by atoms with Gasteiger partial charge in [0, 0.05) is 18.3 Å². The van der Waals surface area contributed by atoms with Crippen LogP contribution >= 0.6 is 0 Å². The minimum absolute atomic E-state index is 0.244. The van der Waals surface area contributed by atoms with Gasteiger partial charge in [0.25, 0.3) is 0 Å². The number of amides is 1. The molecule has 2 rings (SSSR count). The smallest absolute Gasteiger partial charge is 0.220 e. The van der Waals surface area contributed by atoms with E-state index in [9.17, 15) is 4.79 Å². The van der Waals surface area contributed by atoms with Crippen molar-refractivity contribution in [1.29, 1.82) is 0 Å². The number of hydrogen-bond donors (Lipinski definition) is 2. The second-order valence-electron chi connectivity index (χ2n) is 5.60. The van der Waals surface area contributed by atoms with Gasteiger partial charge in [-0.15, -0.1) is 0 Å². The lowest BCUT2D eigenvalue weighted by molar-refractivity contribution is -0.118. The van der Waals surface area contributed by atoms with E-state index in [-0.39, 0.29) is 12.3 Å². The fourth-order valence-electron chi connectivity index (χ4n) is 2.58. The zero-order valence-corrected chi connectivity index (χ0v) is 12.7. The Kier molecular flexibility index (Phi) is 5.87. The molecule has 21 heavy (non-hydrogen) atoms. The standard InChI is InChI=1S/C16H25N3O2/c1-19-10-3-2-4-14(19)12-18-13-5-7-15(8-6-13)21-11-9-16(17)20/h5-8,14,18H,2-4,9-12H2,1H3,(H2,17,20). The molecule has 1 atom stereocenters. The number of rotatable bonds is 7. The maximum absolute atomic E-state index is 10.6. The molecule has 1 unspecified atom stereocenters. The normalized spacial score (nSPS) is 19.2. The minimum atomic E-state index is -0.343. The van der Waals surface area contributed by atoms with E-state index in [1.807, 2.05) is 24.3 Å². The van der Waals surface area contributed by atoms with Gasteiger partial charge in [0.2, 0.25) is 5.91 Å². The first-order valence-corrected chi connectivity index (χ1v) is 7.60. The molecule has 0 spiro atoms. The van der Waals surface area contributed by atoms with Crippen LogP contribution < -0.4 is 15.8 Å². The third-order valence-electron chi connectivity index (χ3n) is 3.93. The van der Waals surface area contributed by atoms with E-state index in [1.165, 1.54) is 25.8 Å². The van der Waals surface area contributed by atoms with Crippen LogP contribution in [0.5, 0.6) is 5.75 Å². The highest BCUT2D eigenvalue weighted by molar-refractivity contribution is 5.73. The highest BCUT2D eigenvalue weighted by Gasteiger charge is 2.18. The molecule has 1 aliphatic heterocycles. The number of primary amides is 1. The molecule has 116 valence electrons. The third kappa shape index (κ3) is 5.27. The monoisotopic (exact) mass is 291 g/mol. The van der Waals surface area contributed by atoms with Gasteiger partial charge in [-0.25, -0.2) is 0 Å². The number of anilines is 1. The first-order chi connectivity index (χ1) is 10.1. The van der Waals surface area contributed by atoms with Crippen molar-refractivity contribution in [2.45, 2.75) is 31.7 Å². The molecule has 0 bridgehead atoms. The number of nitrogens with one attached hydrogen (secondary N) is 1. The van der Waals surface area contributed by atoms with Crippen LogP contribution in [-0.2, 0) is 4.79 Å². The van der Waals surface area contributed by atoms with E-state index < -0.39 is 0 Å². The maximum atomic E-state index is 10.6. The first-order valence-electron chi connectivity index (χ1n) is 7.60. The number of likely N-dealkylation sites (tertiary alicyclic amines) is 1. The van der Waals surface area contributed by atoms with Gasteiger partial charge in [0.15, 0.2) is 0 Å².